The van der Waals surface area contributed by atoms with Crippen LogP contribution >= 0.6 is 15.9 Å². The summed E-state index contributed by atoms with van der Waals surface area (Å²) in [5.41, 5.74) is 1.63. The maximum atomic E-state index is 12.1. The smallest absolute Gasteiger partial charge is 0.258 e. The van der Waals surface area contributed by atoms with Gasteiger partial charge in [0.1, 0.15) is 0 Å². The molecule has 0 saturated carbocycles. The van der Waals surface area contributed by atoms with Crippen LogP contribution in [-0.2, 0) is 0 Å². The molecule has 4 nitrogen and oxygen atoms in total. The van der Waals surface area contributed by atoms with E-state index in [2.05, 4.69) is 26.2 Å². The molecule has 1 aliphatic rings. The number of nitrogens with zero attached hydrogens (tertiary/aromatic N) is 2. The maximum absolute atomic E-state index is 12.1. The molecule has 0 amide bonds. The topological polar surface area (TPSA) is 46.4 Å². The predicted octanol–water partition coefficient (Wildman–Crippen LogP) is 1.92. The van der Waals surface area contributed by atoms with Gasteiger partial charge in [0.2, 0.25) is 0 Å². The Morgan fingerprint density at radius 3 is 2.94 bits per heavy atom. The second-order valence-electron chi connectivity index (χ2n) is 4.59. The highest BCUT2D eigenvalue weighted by molar-refractivity contribution is 9.10. The molecule has 1 saturated heterocycles. The number of nitrogens with one attached hydrogen (secondary N) is 1. The lowest BCUT2D eigenvalue weighted by Crippen LogP contribution is -2.28. The van der Waals surface area contributed by atoms with Crippen molar-refractivity contribution in [3.05, 3.63) is 44.9 Å². The molecule has 0 atom stereocenters. The van der Waals surface area contributed by atoms with E-state index in [1.54, 1.807) is 16.7 Å². The monoisotopic (exact) mass is 307 g/mol. The Balaban J connectivity index is 2.14. The van der Waals surface area contributed by atoms with E-state index in [0.717, 1.165) is 36.1 Å². The van der Waals surface area contributed by atoms with Crippen LogP contribution in [0.25, 0.3) is 5.65 Å². The molecule has 18 heavy (non-hydrogen) atoms. The second kappa shape index (κ2) is 4.82. The van der Waals surface area contributed by atoms with Gasteiger partial charge in [-0.1, -0.05) is 0 Å². The van der Waals surface area contributed by atoms with Crippen LogP contribution < -0.4 is 10.9 Å². The van der Waals surface area contributed by atoms with E-state index in [9.17, 15) is 4.79 Å². The fourth-order valence-electron chi connectivity index (χ4n) is 2.44. The quantitative estimate of drug-likeness (QED) is 0.875. The summed E-state index contributed by atoms with van der Waals surface area (Å²) in [5, 5.41) is 3.33. The second-order valence-corrected chi connectivity index (χ2v) is 5.45. The Bertz CT molecular complexity index is 632. The number of rotatable bonds is 1. The van der Waals surface area contributed by atoms with Crippen LogP contribution in [-0.4, -0.2) is 22.5 Å². The summed E-state index contributed by atoms with van der Waals surface area (Å²) in [4.78, 5) is 16.7. The van der Waals surface area contributed by atoms with Crippen molar-refractivity contribution >= 4 is 21.6 Å². The van der Waals surface area contributed by atoms with Gasteiger partial charge >= 0.3 is 0 Å². The molecule has 5 heteroatoms. The minimum Gasteiger partial charge on any atom is -0.317 e. The molecule has 0 aromatic carbocycles. The normalized spacial score (nSPS) is 17.2. The van der Waals surface area contributed by atoms with Gasteiger partial charge in [-0.05, 0) is 54.0 Å². The highest BCUT2D eigenvalue weighted by Gasteiger charge is 2.18. The molecule has 2 aromatic rings. The Hall–Kier alpha value is -1.20. The molecule has 1 N–H and O–H groups in total. The summed E-state index contributed by atoms with van der Waals surface area (Å²) in [6, 6.07) is 5.42. The van der Waals surface area contributed by atoms with E-state index >= 15 is 0 Å². The van der Waals surface area contributed by atoms with Gasteiger partial charge in [0.15, 0.2) is 5.65 Å². The van der Waals surface area contributed by atoms with E-state index < -0.39 is 0 Å². The fourth-order valence-corrected chi connectivity index (χ4v) is 2.87. The van der Waals surface area contributed by atoms with Crippen LogP contribution in [0, 0.1) is 0 Å². The molecule has 0 aliphatic carbocycles. The standard InChI is InChI=1S/C13H14BrN3O/c14-10-2-1-7-17-12(18)8-11(16-13(10)17)9-3-5-15-6-4-9/h1-2,7-9,15H,3-6H2. The largest absolute Gasteiger partial charge is 0.317 e. The zero-order chi connectivity index (χ0) is 12.5. The highest BCUT2D eigenvalue weighted by atomic mass is 79.9. The van der Waals surface area contributed by atoms with Crippen molar-refractivity contribution in [2.24, 2.45) is 0 Å². The van der Waals surface area contributed by atoms with Crippen molar-refractivity contribution in [2.45, 2.75) is 18.8 Å². The average molecular weight is 308 g/mol. The Kier molecular flexibility index (Phi) is 3.18. The van der Waals surface area contributed by atoms with Crippen LogP contribution in [0.15, 0.2) is 33.7 Å². The number of piperidine rings is 1. The minimum absolute atomic E-state index is 0.00478. The molecule has 0 bridgehead atoms. The lowest BCUT2D eigenvalue weighted by molar-refractivity contribution is 0.453. The number of halogens is 1. The summed E-state index contributed by atoms with van der Waals surface area (Å²) < 4.78 is 2.44. The maximum Gasteiger partial charge on any atom is 0.258 e. The Morgan fingerprint density at radius 1 is 1.39 bits per heavy atom. The van der Waals surface area contributed by atoms with E-state index in [1.165, 1.54) is 0 Å². The summed E-state index contributed by atoms with van der Waals surface area (Å²) in [5.74, 6) is 0.399. The van der Waals surface area contributed by atoms with Crippen molar-refractivity contribution in [2.75, 3.05) is 13.1 Å². The number of fused-ring (bicyclic) bond motifs is 1. The molecule has 1 fully saturated rings. The molecule has 3 heterocycles. The van der Waals surface area contributed by atoms with Crippen LogP contribution in [0.3, 0.4) is 0 Å². The van der Waals surface area contributed by atoms with Crippen LogP contribution in [0.2, 0.25) is 0 Å². The van der Waals surface area contributed by atoms with Gasteiger partial charge < -0.3 is 5.32 Å². The van der Waals surface area contributed by atoms with Crippen LogP contribution in [0.4, 0.5) is 0 Å². The lowest BCUT2D eigenvalue weighted by atomic mass is 9.94. The Morgan fingerprint density at radius 2 is 2.17 bits per heavy atom. The first-order chi connectivity index (χ1) is 8.75. The van der Waals surface area contributed by atoms with Crippen molar-refractivity contribution in [3.8, 4) is 0 Å². The summed E-state index contributed by atoms with van der Waals surface area (Å²) in [7, 11) is 0. The molecule has 0 radical (unpaired) electrons. The first kappa shape index (κ1) is 11.9. The third kappa shape index (κ3) is 2.08. The van der Waals surface area contributed by atoms with Crippen LogP contribution in [0.5, 0.6) is 0 Å². The zero-order valence-corrected chi connectivity index (χ0v) is 11.5. The average Bonchev–Trinajstić information content (AvgIpc) is 2.41. The minimum atomic E-state index is -0.00478. The van der Waals surface area contributed by atoms with Crippen LogP contribution in [0.1, 0.15) is 24.5 Å². The van der Waals surface area contributed by atoms with Crippen molar-refractivity contribution in [1.82, 2.24) is 14.7 Å². The summed E-state index contributed by atoms with van der Waals surface area (Å²) >= 11 is 3.45. The number of pyridine rings is 1. The van der Waals surface area contributed by atoms with Crippen molar-refractivity contribution in [1.29, 1.82) is 0 Å². The molecule has 0 unspecified atom stereocenters. The Labute approximate surface area is 113 Å². The van der Waals surface area contributed by atoms with Gasteiger partial charge in [0, 0.05) is 18.2 Å². The third-order valence-corrected chi connectivity index (χ3v) is 4.04. The first-order valence-electron chi connectivity index (χ1n) is 6.14. The lowest BCUT2D eigenvalue weighted by Gasteiger charge is -2.22. The van der Waals surface area contributed by atoms with E-state index in [-0.39, 0.29) is 5.56 Å². The third-order valence-electron chi connectivity index (χ3n) is 3.42. The van der Waals surface area contributed by atoms with Gasteiger partial charge in [0.25, 0.3) is 5.56 Å². The first-order valence-corrected chi connectivity index (χ1v) is 6.93. The molecule has 2 aromatic heterocycles. The summed E-state index contributed by atoms with van der Waals surface area (Å²) in [6.45, 7) is 2.00. The van der Waals surface area contributed by atoms with E-state index in [0.29, 0.717) is 11.6 Å². The zero-order valence-electron chi connectivity index (χ0n) is 9.90. The van der Waals surface area contributed by atoms with E-state index in [4.69, 9.17) is 0 Å². The van der Waals surface area contributed by atoms with Gasteiger partial charge in [-0.3, -0.25) is 9.20 Å². The highest BCUT2D eigenvalue weighted by Crippen LogP contribution is 2.24. The molecule has 0 spiro atoms. The van der Waals surface area contributed by atoms with Crippen molar-refractivity contribution in [3.63, 3.8) is 0 Å². The molecule has 3 rings (SSSR count). The molecular weight excluding hydrogens is 294 g/mol. The predicted molar refractivity (Wildman–Crippen MR) is 74.0 cm³/mol. The number of hydrogen-bond acceptors (Lipinski definition) is 3. The van der Waals surface area contributed by atoms with E-state index in [1.807, 2.05) is 12.1 Å². The van der Waals surface area contributed by atoms with Gasteiger partial charge in [-0.25, -0.2) is 4.98 Å². The molecule has 94 valence electrons. The number of aromatic nitrogens is 2. The van der Waals surface area contributed by atoms with Gasteiger partial charge in [-0.15, -0.1) is 0 Å². The number of hydrogen-bond donors (Lipinski definition) is 1. The fraction of sp³-hybridized carbons (Fsp3) is 0.385. The van der Waals surface area contributed by atoms with Crippen molar-refractivity contribution < 1.29 is 0 Å². The van der Waals surface area contributed by atoms with Gasteiger partial charge in [-0.2, -0.15) is 0 Å². The SMILES string of the molecule is O=c1cc(C2CCNCC2)nc2c(Br)cccn12. The molecular formula is C13H14BrN3O. The molecule has 1 aliphatic heterocycles. The summed E-state index contributed by atoms with van der Waals surface area (Å²) in [6.07, 6.45) is 3.85. The van der Waals surface area contributed by atoms with Gasteiger partial charge in [0.05, 0.1) is 10.2 Å².